The molecule has 1 aromatic rings. The van der Waals surface area contributed by atoms with Gasteiger partial charge in [0.15, 0.2) is 0 Å². The summed E-state index contributed by atoms with van der Waals surface area (Å²) in [4.78, 5) is 114. The summed E-state index contributed by atoms with van der Waals surface area (Å²) < 4.78 is 0. The number of carbonyl (C=O) groups excluding carboxylic acids is 8. The number of rotatable bonds is 23. The van der Waals surface area contributed by atoms with Crippen LogP contribution in [-0.2, 0) is 38.4 Å². The molecule has 0 bridgehead atoms. The summed E-state index contributed by atoms with van der Waals surface area (Å²) in [5, 5.41) is 104. The van der Waals surface area contributed by atoms with Gasteiger partial charge in [0.1, 0.15) is 60.4 Å². The minimum Gasteiger partial charge on any atom is -0.508 e. The summed E-state index contributed by atoms with van der Waals surface area (Å²) in [6.45, 7) is 6.74. The van der Waals surface area contributed by atoms with Crippen LogP contribution < -0.4 is 43.4 Å². The van der Waals surface area contributed by atoms with Crippen molar-refractivity contribution >= 4 is 47.3 Å². The van der Waals surface area contributed by atoms with Crippen LogP contribution in [0.15, 0.2) is 24.3 Å². The van der Waals surface area contributed by atoms with Crippen LogP contribution in [0.5, 0.6) is 5.75 Å². The maximum absolute atomic E-state index is 14.6. The minimum absolute atomic E-state index is 0.0454. The number of nitrogens with two attached hydrogens (primary N) is 2. The fraction of sp³-hybridized carbons (Fsp3) is 0.731. The molecule has 18 N–H and O–H groups in total. The third kappa shape index (κ3) is 18.8. The molecule has 3 aliphatic heterocycles. The van der Waals surface area contributed by atoms with Gasteiger partial charge in [-0.2, -0.15) is 0 Å². The molecule has 26 nitrogen and oxygen atoms in total. The number of phenolic OH excluding ortho intramolecular Hbond substituents is 1. The average molecular weight is 1110 g/mol. The minimum atomic E-state index is -2.35. The third-order valence-corrected chi connectivity index (χ3v) is 14.8. The van der Waals surface area contributed by atoms with Gasteiger partial charge in [0.2, 0.25) is 47.3 Å². The molecule has 1 aromatic carbocycles. The lowest BCUT2D eigenvalue weighted by Gasteiger charge is -2.35. The molecule has 8 amide bonds. The first kappa shape index (κ1) is 64.9. The molecule has 78 heavy (non-hydrogen) atoms. The standard InChI is InChI=1S/C52H86N10O16/c1-5-27(2)22-28(3)12-10-8-6-7-9-11-13-39(70)56-33-24-37(68)46(55-20-19-53)60-50(76)43-35(66)18-21-61(43)52(78)41(36(67)25-38(54)69)58-49(75)42(45(72)44(71)30-14-16-31(64)17-15-30)59-48(74)34-23-32(65)26-62(34)51(77)40(29(4)63)57-47(33)73/h14-17,27-29,32-37,40-46,55,63-68,71-72H,5-13,18-26,53H2,1-4H3,(H2,54,69)(H,56,70)(H,57,73)(H,58,75)(H,59,74)(H,60,76)/t27?,28?,29-,32-,33+,34+,35+,36-,37-,40+,41+,42+,43+,44+,45+,46+/m1/s1. The highest BCUT2D eigenvalue weighted by Crippen LogP contribution is 2.27. The normalized spacial score (nSPS) is 28.4. The SMILES string of the molecule is CCC(C)CC(C)CCCCCCCCC(=O)N[C@H]1C[C@@H](O)[C@@H](NCCN)NC(=O)[C@@H]2[C@@H](O)CCN2C(=O)[C@H]([C@H](O)CC(N)=O)NC(=O)[C@H]([C@H](O)[C@@H](O)c2ccc(O)cc2)NC(=O)[C@@H]2C[C@@H](O)CN2C(=O)[C@H]([C@@H](C)O)NC1=O. The maximum Gasteiger partial charge on any atom is 0.248 e. The predicted octanol–water partition coefficient (Wildman–Crippen LogP) is -3.79. The van der Waals surface area contributed by atoms with E-state index in [1.807, 2.05) is 0 Å². The highest BCUT2D eigenvalue weighted by molar-refractivity contribution is 5.98. The maximum atomic E-state index is 14.6. The fourth-order valence-corrected chi connectivity index (χ4v) is 10.2. The molecule has 0 radical (unpaired) electrons. The highest BCUT2D eigenvalue weighted by atomic mass is 16.3. The lowest BCUT2D eigenvalue weighted by molar-refractivity contribution is -0.148. The van der Waals surface area contributed by atoms with Crippen molar-refractivity contribution < 1.29 is 79.2 Å². The second-order valence-corrected chi connectivity index (χ2v) is 21.4. The molecule has 0 aromatic heterocycles. The number of phenols is 1. The van der Waals surface area contributed by atoms with Gasteiger partial charge in [0.25, 0.3) is 0 Å². The summed E-state index contributed by atoms with van der Waals surface area (Å²) >= 11 is 0. The second-order valence-electron chi connectivity index (χ2n) is 21.4. The van der Waals surface area contributed by atoms with E-state index >= 15 is 0 Å². The van der Waals surface area contributed by atoms with E-state index < -0.39 is 165 Å². The molecular weight excluding hydrogens is 1020 g/mol. The van der Waals surface area contributed by atoms with Crippen molar-refractivity contribution in [3.8, 4) is 5.75 Å². The Hall–Kier alpha value is -5.58. The Bertz CT molecular complexity index is 2160. The van der Waals surface area contributed by atoms with Crippen LogP contribution in [0.4, 0.5) is 0 Å². The van der Waals surface area contributed by atoms with Crippen molar-refractivity contribution in [2.75, 3.05) is 26.2 Å². The molecule has 2 unspecified atom stereocenters. The van der Waals surface area contributed by atoms with Gasteiger partial charge in [0, 0.05) is 45.4 Å². The Morgan fingerprint density at radius 2 is 1.36 bits per heavy atom. The van der Waals surface area contributed by atoms with Crippen LogP contribution in [0.2, 0.25) is 0 Å². The average Bonchev–Trinajstić information content (AvgIpc) is 4.01. The lowest BCUT2D eigenvalue weighted by Crippen LogP contribution is -2.65. The van der Waals surface area contributed by atoms with Crippen LogP contribution in [0.3, 0.4) is 0 Å². The van der Waals surface area contributed by atoms with Gasteiger partial charge >= 0.3 is 0 Å². The smallest absolute Gasteiger partial charge is 0.248 e. The molecule has 3 saturated heterocycles. The molecular formula is C52H86N10O16. The topological polar surface area (TPSA) is 429 Å². The summed E-state index contributed by atoms with van der Waals surface area (Å²) in [5.74, 6) is -8.12. The van der Waals surface area contributed by atoms with Crippen molar-refractivity contribution in [3.05, 3.63) is 29.8 Å². The molecule has 440 valence electrons. The van der Waals surface area contributed by atoms with Gasteiger partial charge in [-0.3, -0.25) is 43.7 Å². The van der Waals surface area contributed by atoms with E-state index in [1.165, 1.54) is 18.6 Å². The molecule has 4 rings (SSSR count). The molecule has 26 heteroatoms. The number of aliphatic hydroxyl groups is 7. The van der Waals surface area contributed by atoms with Crippen LogP contribution >= 0.6 is 0 Å². The van der Waals surface area contributed by atoms with Crippen LogP contribution in [0.1, 0.15) is 129 Å². The predicted molar refractivity (Wildman–Crippen MR) is 280 cm³/mol. The van der Waals surface area contributed by atoms with Crippen LogP contribution in [-0.4, -0.2) is 203 Å². The van der Waals surface area contributed by atoms with E-state index in [1.54, 1.807) is 0 Å². The van der Waals surface area contributed by atoms with E-state index in [-0.39, 0.29) is 37.2 Å². The summed E-state index contributed by atoms with van der Waals surface area (Å²) in [5.41, 5.74) is 11.0. The van der Waals surface area contributed by atoms with Crippen molar-refractivity contribution in [1.29, 1.82) is 0 Å². The van der Waals surface area contributed by atoms with Gasteiger partial charge in [0.05, 0.1) is 36.9 Å². The Balaban J connectivity index is 1.74. The second kappa shape index (κ2) is 31.3. The zero-order chi connectivity index (χ0) is 58.0. The first-order chi connectivity index (χ1) is 36.9. The van der Waals surface area contributed by atoms with Crippen molar-refractivity contribution in [2.45, 2.75) is 203 Å². The Morgan fingerprint density at radius 3 is 1.99 bits per heavy atom. The Labute approximate surface area is 454 Å². The monoisotopic (exact) mass is 1110 g/mol. The molecule has 3 aliphatic rings. The van der Waals surface area contributed by atoms with Gasteiger partial charge in [-0.05, 0) is 55.7 Å². The number of hydrogen-bond donors (Lipinski definition) is 16. The largest absolute Gasteiger partial charge is 0.508 e. The van der Waals surface area contributed by atoms with Gasteiger partial charge < -0.3 is 88.7 Å². The molecule has 16 atom stereocenters. The number of benzene rings is 1. The number of nitrogens with one attached hydrogen (secondary N) is 6. The number of primary amides is 1. The van der Waals surface area contributed by atoms with E-state index in [9.17, 15) is 79.2 Å². The van der Waals surface area contributed by atoms with Gasteiger partial charge in [-0.25, -0.2) is 0 Å². The molecule has 0 spiro atoms. The zero-order valence-corrected chi connectivity index (χ0v) is 45.2. The van der Waals surface area contributed by atoms with E-state index in [0.29, 0.717) is 24.7 Å². The number of hydrogen-bond acceptors (Lipinski definition) is 18. The van der Waals surface area contributed by atoms with Crippen molar-refractivity contribution in [2.24, 2.45) is 23.3 Å². The first-order valence-electron chi connectivity index (χ1n) is 27.3. The Kier molecular flexibility index (Phi) is 26.0. The van der Waals surface area contributed by atoms with E-state index in [2.05, 4.69) is 52.7 Å². The summed E-state index contributed by atoms with van der Waals surface area (Å²) in [6, 6.07) is -7.06. The molecule has 3 heterocycles. The summed E-state index contributed by atoms with van der Waals surface area (Å²) in [7, 11) is 0. The van der Waals surface area contributed by atoms with Crippen molar-refractivity contribution in [1.82, 2.24) is 41.7 Å². The zero-order valence-electron chi connectivity index (χ0n) is 45.2. The molecule has 0 saturated carbocycles. The van der Waals surface area contributed by atoms with Gasteiger partial charge in [-0.15, -0.1) is 0 Å². The van der Waals surface area contributed by atoms with Gasteiger partial charge in [-0.1, -0.05) is 77.8 Å². The summed E-state index contributed by atoms with van der Waals surface area (Å²) in [6.07, 6.45) is -8.60. The first-order valence-corrected chi connectivity index (χ1v) is 27.3. The van der Waals surface area contributed by atoms with Crippen molar-refractivity contribution in [3.63, 3.8) is 0 Å². The molecule has 0 aliphatic carbocycles. The quantitative estimate of drug-likeness (QED) is 0.0468. The number of fused-ring (bicyclic) bond motifs is 2. The Morgan fingerprint density at radius 1 is 0.744 bits per heavy atom. The number of amides is 8. The number of unbranched alkanes of at least 4 members (excludes halogenated alkanes) is 5. The fourth-order valence-electron chi connectivity index (χ4n) is 10.2. The molecule has 3 fully saturated rings. The number of nitrogens with zero attached hydrogens (tertiary/aromatic N) is 2. The highest BCUT2D eigenvalue weighted by Gasteiger charge is 2.49. The van der Waals surface area contributed by atoms with Crippen LogP contribution in [0.25, 0.3) is 0 Å². The van der Waals surface area contributed by atoms with Crippen LogP contribution in [0, 0.1) is 11.8 Å². The van der Waals surface area contributed by atoms with E-state index in [0.717, 1.165) is 67.4 Å². The number of aromatic hydroxyl groups is 1. The third-order valence-electron chi connectivity index (χ3n) is 14.8. The number of aliphatic hydroxyl groups excluding tert-OH is 7. The number of carbonyl (C=O) groups is 8. The van der Waals surface area contributed by atoms with E-state index in [4.69, 9.17) is 11.5 Å². The lowest BCUT2D eigenvalue weighted by atomic mass is 9.91.